The fourth-order valence-electron chi connectivity index (χ4n) is 1.45. The van der Waals surface area contributed by atoms with Gasteiger partial charge < -0.3 is 14.6 Å². The topological polar surface area (TPSA) is 55.8 Å². The maximum Gasteiger partial charge on any atom is 0.338 e. The summed E-state index contributed by atoms with van der Waals surface area (Å²) in [4.78, 5) is 11.7. The molecule has 0 bridgehead atoms. The Morgan fingerprint density at radius 3 is 2.37 bits per heavy atom. The predicted octanol–water partition coefficient (Wildman–Crippen LogP) is 2.29. The van der Waals surface area contributed by atoms with E-state index in [0.717, 1.165) is 5.56 Å². The van der Waals surface area contributed by atoms with Gasteiger partial charge in [-0.15, -0.1) is 0 Å². The number of hydrogen-bond acceptors (Lipinski definition) is 4. The van der Waals surface area contributed by atoms with E-state index in [1.165, 1.54) is 0 Å². The molecule has 0 aliphatic heterocycles. The Morgan fingerprint density at radius 1 is 1.26 bits per heavy atom. The van der Waals surface area contributed by atoms with Crippen LogP contribution in [0.25, 0.3) is 0 Å². The third-order valence-corrected chi connectivity index (χ3v) is 2.45. The first kappa shape index (κ1) is 15.7. The molecule has 19 heavy (non-hydrogen) atoms. The van der Waals surface area contributed by atoms with Crippen LogP contribution in [0.2, 0.25) is 0 Å². The zero-order valence-corrected chi connectivity index (χ0v) is 11.9. The molecule has 4 nitrogen and oxygen atoms in total. The highest BCUT2D eigenvalue weighted by atomic mass is 16.6. The molecule has 0 aliphatic rings. The molecule has 0 spiro atoms. The van der Waals surface area contributed by atoms with E-state index in [1.807, 2.05) is 30.3 Å². The van der Waals surface area contributed by atoms with Crippen LogP contribution in [-0.2, 0) is 20.9 Å². The van der Waals surface area contributed by atoms with Crippen molar-refractivity contribution in [2.75, 3.05) is 0 Å². The van der Waals surface area contributed by atoms with Crippen molar-refractivity contribution in [2.45, 2.75) is 52.1 Å². The number of carbonyl (C=O) groups is 1. The molecule has 0 aromatic heterocycles. The number of esters is 1. The van der Waals surface area contributed by atoms with Gasteiger partial charge in [0.25, 0.3) is 0 Å². The molecule has 4 heteroatoms. The standard InChI is InChI=1S/C15H22O4/c1-11(13(16)14(17)19-15(2,3)4)18-10-12-8-6-5-7-9-12/h5-9,11,13,16H,10H2,1-4H3/t11-,13+/m0/s1. The highest BCUT2D eigenvalue weighted by Crippen LogP contribution is 2.12. The summed E-state index contributed by atoms with van der Waals surface area (Å²) in [5.74, 6) is -0.659. The zero-order chi connectivity index (χ0) is 14.5. The van der Waals surface area contributed by atoms with Gasteiger partial charge in [-0.2, -0.15) is 0 Å². The lowest BCUT2D eigenvalue weighted by Gasteiger charge is -2.24. The van der Waals surface area contributed by atoms with E-state index in [2.05, 4.69) is 0 Å². The number of aliphatic hydroxyl groups is 1. The third-order valence-electron chi connectivity index (χ3n) is 2.45. The molecule has 1 N–H and O–H groups in total. The maximum absolute atomic E-state index is 11.7. The van der Waals surface area contributed by atoms with Crippen molar-refractivity contribution < 1.29 is 19.4 Å². The first-order valence-electron chi connectivity index (χ1n) is 6.36. The minimum atomic E-state index is -1.28. The average Bonchev–Trinajstić information content (AvgIpc) is 2.34. The first-order chi connectivity index (χ1) is 8.79. The molecule has 0 amide bonds. The molecule has 0 radical (unpaired) electrons. The number of benzene rings is 1. The second kappa shape index (κ2) is 6.68. The summed E-state index contributed by atoms with van der Waals surface area (Å²) in [5, 5.41) is 9.83. The van der Waals surface area contributed by atoms with Crippen molar-refractivity contribution >= 4 is 5.97 Å². The van der Waals surface area contributed by atoms with Crippen LogP contribution in [0.15, 0.2) is 30.3 Å². The Bertz CT molecular complexity index is 394. The Balaban J connectivity index is 2.44. The molecule has 1 aromatic rings. The van der Waals surface area contributed by atoms with Crippen LogP contribution in [-0.4, -0.2) is 28.9 Å². The van der Waals surface area contributed by atoms with E-state index < -0.39 is 23.8 Å². The predicted molar refractivity (Wildman–Crippen MR) is 72.5 cm³/mol. The molecule has 0 heterocycles. The van der Waals surface area contributed by atoms with E-state index >= 15 is 0 Å². The van der Waals surface area contributed by atoms with Crippen LogP contribution >= 0.6 is 0 Å². The lowest BCUT2D eigenvalue weighted by atomic mass is 10.1. The highest BCUT2D eigenvalue weighted by molar-refractivity contribution is 5.75. The summed E-state index contributed by atoms with van der Waals surface area (Å²) in [6.45, 7) is 7.27. The van der Waals surface area contributed by atoms with Crippen LogP contribution < -0.4 is 0 Å². The molecule has 0 saturated carbocycles. The van der Waals surface area contributed by atoms with Gasteiger partial charge in [-0.05, 0) is 33.3 Å². The van der Waals surface area contributed by atoms with Gasteiger partial charge in [0.05, 0.1) is 12.7 Å². The Morgan fingerprint density at radius 2 is 1.84 bits per heavy atom. The molecule has 1 aromatic carbocycles. The smallest absolute Gasteiger partial charge is 0.338 e. The van der Waals surface area contributed by atoms with Gasteiger partial charge in [0, 0.05) is 0 Å². The second-order valence-electron chi connectivity index (χ2n) is 5.48. The Kier molecular flexibility index (Phi) is 5.51. The number of carbonyl (C=O) groups excluding carboxylic acids is 1. The van der Waals surface area contributed by atoms with Crippen molar-refractivity contribution in [3.8, 4) is 0 Å². The van der Waals surface area contributed by atoms with Gasteiger partial charge in [-0.1, -0.05) is 30.3 Å². The van der Waals surface area contributed by atoms with E-state index in [-0.39, 0.29) is 0 Å². The number of hydrogen-bond donors (Lipinski definition) is 1. The molecule has 106 valence electrons. The first-order valence-corrected chi connectivity index (χ1v) is 6.36. The van der Waals surface area contributed by atoms with Gasteiger partial charge in [0.1, 0.15) is 5.60 Å². The molecule has 2 atom stereocenters. The van der Waals surface area contributed by atoms with Crippen LogP contribution in [0.4, 0.5) is 0 Å². The van der Waals surface area contributed by atoms with Crippen LogP contribution in [0.5, 0.6) is 0 Å². The van der Waals surface area contributed by atoms with Gasteiger partial charge in [-0.3, -0.25) is 0 Å². The lowest BCUT2D eigenvalue weighted by Crippen LogP contribution is -2.39. The summed E-state index contributed by atoms with van der Waals surface area (Å²) in [5.41, 5.74) is 0.378. The fraction of sp³-hybridized carbons (Fsp3) is 0.533. The Labute approximate surface area is 114 Å². The van der Waals surface area contributed by atoms with Crippen molar-refractivity contribution in [3.63, 3.8) is 0 Å². The van der Waals surface area contributed by atoms with Crippen molar-refractivity contribution in [2.24, 2.45) is 0 Å². The number of aliphatic hydroxyl groups excluding tert-OH is 1. The SMILES string of the molecule is C[C@H](OCc1ccccc1)[C@@H](O)C(=O)OC(C)(C)C. The zero-order valence-electron chi connectivity index (χ0n) is 11.9. The van der Waals surface area contributed by atoms with Gasteiger partial charge >= 0.3 is 5.97 Å². The average molecular weight is 266 g/mol. The third kappa shape index (κ3) is 5.85. The van der Waals surface area contributed by atoms with Crippen LogP contribution in [0, 0.1) is 0 Å². The van der Waals surface area contributed by atoms with Crippen molar-refractivity contribution in [1.29, 1.82) is 0 Å². The fourth-order valence-corrected chi connectivity index (χ4v) is 1.45. The maximum atomic E-state index is 11.7. The normalized spacial score (nSPS) is 14.8. The minimum Gasteiger partial charge on any atom is -0.458 e. The number of ether oxygens (including phenoxy) is 2. The largest absolute Gasteiger partial charge is 0.458 e. The van der Waals surface area contributed by atoms with E-state index in [0.29, 0.717) is 6.61 Å². The molecule has 0 aliphatic carbocycles. The van der Waals surface area contributed by atoms with Crippen LogP contribution in [0.3, 0.4) is 0 Å². The highest BCUT2D eigenvalue weighted by Gasteiger charge is 2.28. The molecular weight excluding hydrogens is 244 g/mol. The summed E-state index contributed by atoms with van der Waals surface area (Å²) in [6.07, 6.45) is -1.89. The molecule has 1 rings (SSSR count). The van der Waals surface area contributed by atoms with Crippen LogP contribution in [0.1, 0.15) is 33.3 Å². The van der Waals surface area contributed by atoms with Gasteiger partial charge in [-0.25, -0.2) is 4.79 Å². The molecule has 0 unspecified atom stereocenters. The molecule has 0 saturated heterocycles. The lowest BCUT2D eigenvalue weighted by molar-refractivity contribution is -0.173. The van der Waals surface area contributed by atoms with Crippen molar-refractivity contribution in [3.05, 3.63) is 35.9 Å². The second-order valence-corrected chi connectivity index (χ2v) is 5.48. The van der Waals surface area contributed by atoms with Gasteiger partial charge in [0.2, 0.25) is 0 Å². The van der Waals surface area contributed by atoms with E-state index in [4.69, 9.17) is 9.47 Å². The summed E-state index contributed by atoms with van der Waals surface area (Å²) in [6, 6.07) is 9.59. The number of rotatable bonds is 5. The van der Waals surface area contributed by atoms with E-state index in [1.54, 1.807) is 27.7 Å². The molecule has 0 fully saturated rings. The summed E-state index contributed by atoms with van der Waals surface area (Å²) < 4.78 is 10.6. The van der Waals surface area contributed by atoms with Gasteiger partial charge in [0.15, 0.2) is 6.10 Å². The summed E-state index contributed by atoms with van der Waals surface area (Å²) >= 11 is 0. The van der Waals surface area contributed by atoms with Crippen molar-refractivity contribution in [1.82, 2.24) is 0 Å². The van der Waals surface area contributed by atoms with E-state index in [9.17, 15) is 9.90 Å². The quantitative estimate of drug-likeness (QED) is 0.831. The summed E-state index contributed by atoms with van der Waals surface area (Å²) in [7, 11) is 0. The monoisotopic (exact) mass is 266 g/mol. The minimum absolute atomic E-state index is 0.349. The molecular formula is C15H22O4. The Hall–Kier alpha value is -1.39.